The van der Waals surface area contributed by atoms with Gasteiger partial charge in [-0.05, 0) is 63.3 Å². The van der Waals surface area contributed by atoms with Crippen LogP contribution in [0.2, 0.25) is 0 Å². The first-order valence-electron chi connectivity index (χ1n) is 9.55. The molecule has 1 N–H and O–H groups in total. The van der Waals surface area contributed by atoms with Crippen molar-refractivity contribution < 1.29 is 19.1 Å². The second-order valence-electron chi connectivity index (χ2n) is 8.48. The molecule has 3 rings (SSSR count). The number of rotatable bonds is 5. The Hall–Kier alpha value is -2.69. The summed E-state index contributed by atoms with van der Waals surface area (Å²) < 4.78 is 13.0. The molecule has 0 aliphatic heterocycles. The van der Waals surface area contributed by atoms with Crippen LogP contribution in [0.15, 0.2) is 48.5 Å². The van der Waals surface area contributed by atoms with Crippen molar-refractivity contribution in [1.29, 1.82) is 0 Å². The van der Waals surface area contributed by atoms with Crippen LogP contribution in [0, 0.1) is 5.82 Å². The van der Waals surface area contributed by atoms with Crippen molar-refractivity contribution in [3.63, 3.8) is 0 Å². The van der Waals surface area contributed by atoms with E-state index in [4.69, 9.17) is 0 Å². The summed E-state index contributed by atoms with van der Waals surface area (Å²) in [5.74, 6) is -0.375. The fraction of sp³-hybridized carbons (Fsp3) is 0.391. The minimum Gasteiger partial charge on any atom is -0.465 e. The molecule has 0 spiro atoms. The van der Waals surface area contributed by atoms with Crippen molar-refractivity contribution in [1.82, 2.24) is 4.90 Å². The monoisotopic (exact) mass is 383 g/mol. The molecule has 1 amide bonds. The van der Waals surface area contributed by atoms with Gasteiger partial charge in [-0.25, -0.2) is 9.18 Å². The van der Waals surface area contributed by atoms with Crippen LogP contribution < -0.4 is 0 Å². The van der Waals surface area contributed by atoms with E-state index in [0.717, 1.165) is 30.4 Å². The topological polar surface area (TPSA) is 57.6 Å². The molecule has 2 aromatic carbocycles. The maximum absolute atomic E-state index is 13.0. The first kappa shape index (κ1) is 20.1. The van der Waals surface area contributed by atoms with Gasteiger partial charge in [-0.3, -0.25) is 9.69 Å². The molecule has 1 fully saturated rings. The maximum Gasteiger partial charge on any atom is 0.408 e. The summed E-state index contributed by atoms with van der Waals surface area (Å²) in [6.45, 7) is 5.71. The van der Waals surface area contributed by atoms with Gasteiger partial charge in [0.1, 0.15) is 5.82 Å². The molecule has 0 atom stereocenters. The largest absolute Gasteiger partial charge is 0.465 e. The maximum atomic E-state index is 13.0. The lowest BCUT2D eigenvalue weighted by Gasteiger charge is -2.54. The molecule has 0 bridgehead atoms. The molecule has 0 heterocycles. The van der Waals surface area contributed by atoms with Crippen molar-refractivity contribution in [2.45, 2.75) is 57.5 Å². The van der Waals surface area contributed by atoms with Crippen LogP contribution in [0.3, 0.4) is 0 Å². The number of ketones is 1. The molecule has 0 saturated heterocycles. The van der Waals surface area contributed by atoms with Gasteiger partial charge in [0.2, 0.25) is 0 Å². The van der Waals surface area contributed by atoms with E-state index in [9.17, 15) is 19.1 Å². The Labute approximate surface area is 165 Å². The van der Waals surface area contributed by atoms with Crippen LogP contribution in [0.25, 0.3) is 0 Å². The molecule has 4 nitrogen and oxygen atoms in total. The van der Waals surface area contributed by atoms with E-state index in [0.29, 0.717) is 5.56 Å². The van der Waals surface area contributed by atoms with E-state index in [1.54, 1.807) is 29.2 Å². The van der Waals surface area contributed by atoms with Gasteiger partial charge in [0.05, 0.1) is 5.54 Å². The highest BCUT2D eigenvalue weighted by Crippen LogP contribution is 2.49. The van der Waals surface area contributed by atoms with E-state index >= 15 is 0 Å². The Balaban J connectivity index is 1.83. The van der Waals surface area contributed by atoms with Gasteiger partial charge < -0.3 is 5.11 Å². The normalized spacial score (nSPS) is 15.6. The Bertz CT molecular complexity index is 862. The van der Waals surface area contributed by atoms with Gasteiger partial charge in [-0.1, -0.05) is 36.4 Å². The molecule has 1 aliphatic rings. The van der Waals surface area contributed by atoms with Gasteiger partial charge in [-0.15, -0.1) is 0 Å². The number of carboxylic acid groups (broad SMARTS) is 1. The molecule has 1 saturated carbocycles. The number of hydrogen-bond acceptors (Lipinski definition) is 2. The highest BCUT2D eigenvalue weighted by Gasteiger charge is 2.50. The molecule has 2 aromatic rings. The average Bonchev–Trinajstić information content (AvgIpc) is 2.58. The molecule has 0 radical (unpaired) electrons. The van der Waals surface area contributed by atoms with Gasteiger partial charge in [-0.2, -0.15) is 0 Å². The number of Topliss-reactive ketones (excluding diaryl/α,β-unsaturated/α-hetero) is 1. The van der Waals surface area contributed by atoms with E-state index in [2.05, 4.69) is 0 Å². The van der Waals surface area contributed by atoms with E-state index in [1.807, 2.05) is 32.9 Å². The minimum atomic E-state index is -0.927. The van der Waals surface area contributed by atoms with Gasteiger partial charge in [0.15, 0.2) is 5.78 Å². The number of carbonyl (C=O) groups excluding carboxylic acids is 1. The van der Waals surface area contributed by atoms with Crippen LogP contribution in [0.1, 0.15) is 61.5 Å². The Morgan fingerprint density at radius 3 is 2.04 bits per heavy atom. The molecule has 148 valence electrons. The smallest absolute Gasteiger partial charge is 0.408 e. The highest BCUT2D eigenvalue weighted by molar-refractivity contribution is 5.97. The molecule has 1 aliphatic carbocycles. The van der Waals surface area contributed by atoms with Crippen molar-refractivity contribution in [2.24, 2.45) is 0 Å². The van der Waals surface area contributed by atoms with E-state index in [1.165, 1.54) is 12.1 Å². The Morgan fingerprint density at radius 1 is 1.04 bits per heavy atom. The van der Waals surface area contributed by atoms with Crippen LogP contribution in [0.5, 0.6) is 0 Å². The fourth-order valence-corrected chi connectivity index (χ4v) is 4.12. The fourth-order valence-electron chi connectivity index (χ4n) is 4.12. The summed E-state index contributed by atoms with van der Waals surface area (Å²) in [5, 5.41) is 9.84. The molecular weight excluding hydrogens is 357 g/mol. The quantitative estimate of drug-likeness (QED) is 0.703. The second-order valence-corrected chi connectivity index (χ2v) is 8.48. The second kappa shape index (κ2) is 7.38. The van der Waals surface area contributed by atoms with E-state index < -0.39 is 17.2 Å². The summed E-state index contributed by atoms with van der Waals surface area (Å²) in [6, 6.07) is 13.2. The Kier molecular flexibility index (Phi) is 5.28. The van der Waals surface area contributed by atoms with Crippen LogP contribution >= 0.6 is 0 Å². The first-order valence-corrected chi connectivity index (χ1v) is 9.55. The standard InChI is InChI=1S/C23H26FNO3/c1-22(2,3)25(21(27)28)23(13-4-14-23)18-9-7-17(8-10-18)20(26)15-16-5-11-19(24)12-6-16/h5-12H,4,13-15H2,1-3H3,(H,27,28). The minimum absolute atomic E-state index is 0.0493. The van der Waals surface area contributed by atoms with Crippen molar-refractivity contribution in [3.05, 3.63) is 71.0 Å². The van der Waals surface area contributed by atoms with Crippen molar-refractivity contribution in [3.8, 4) is 0 Å². The zero-order valence-corrected chi connectivity index (χ0v) is 16.5. The number of nitrogens with zero attached hydrogens (tertiary/aromatic N) is 1. The van der Waals surface area contributed by atoms with Crippen molar-refractivity contribution >= 4 is 11.9 Å². The predicted octanol–water partition coefficient (Wildman–Crippen LogP) is 5.41. The van der Waals surface area contributed by atoms with Crippen LogP contribution in [0.4, 0.5) is 9.18 Å². The number of halogens is 1. The lowest BCUT2D eigenvalue weighted by molar-refractivity contribution is -0.0328. The van der Waals surface area contributed by atoms with Gasteiger partial charge in [0, 0.05) is 17.5 Å². The summed E-state index contributed by atoms with van der Waals surface area (Å²) in [5.41, 5.74) is 1.19. The van der Waals surface area contributed by atoms with Crippen LogP contribution in [-0.2, 0) is 12.0 Å². The molecule has 0 aromatic heterocycles. The number of amides is 1. The Morgan fingerprint density at radius 2 is 1.61 bits per heavy atom. The number of carbonyl (C=O) groups is 2. The summed E-state index contributed by atoms with van der Waals surface area (Å²) in [7, 11) is 0. The van der Waals surface area contributed by atoms with Gasteiger partial charge >= 0.3 is 6.09 Å². The summed E-state index contributed by atoms with van der Waals surface area (Å²) in [4.78, 5) is 26.1. The predicted molar refractivity (Wildman–Crippen MR) is 106 cm³/mol. The SMILES string of the molecule is CC(C)(C)N(C(=O)O)C1(c2ccc(C(=O)Cc3ccc(F)cc3)cc2)CCC1. The molecule has 0 unspecified atom stereocenters. The zero-order chi connectivity index (χ0) is 20.5. The zero-order valence-electron chi connectivity index (χ0n) is 16.5. The van der Waals surface area contributed by atoms with Crippen molar-refractivity contribution in [2.75, 3.05) is 0 Å². The van der Waals surface area contributed by atoms with Gasteiger partial charge in [0.25, 0.3) is 0 Å². The molecule has 5 heteroatoms. The lowest BCUT2D eigenvalue weighted by Crippen LogP contribution is -2.60. The van der Waals surface area contributed by atoms with Crippen LogP contribution in [-0.4, -0.2) is 27.4 Å². The van der Waals surface area contributed by atoms with E-state index in [-0.39, 0.29) is 18.0 Å². The summed E-state index contributed by atoms with van der Waals surface area (Å²) >= 11 is 0. The molecular formula is C23H26FNO3. The summed E-state index contributed by atoms with van der Waals surface area (Å²) in [6.07, 6.45) is 1.81. The number of benzene rings is 2. The average molecular weight is 383 g/mol. The molecule has 28 heavy (non-hydrogen) atoms. The first-order chi connectivity index (χ1) is 13.1. The highest BCUT2D eigenvalue weighted by atomic mass is 19.1. The number of hydrogen-bond donors (Lipinski definition) is 1. The third-order valence-electron chi connectivity index (χ3n) is 5.49. The third kappa shape index (κ3) is 3.79. The third-order valence-corrected chi connectivity index (χ3v) is 5.49. The lowest BCUT2D eigenvalue weighted by atomic mass is 9.69.